The van der Waals surface area contributed by atoms with Gasteiger partial charge in [-0.3, -0.25) is 4.79 Å². The first-order valence-corrected chi connectivity index (χ1v) is 8.90. The summed E-state index contributed by atoms with van der Waals surface area (Å²) in [4.78, 5) is 23.6. The van der Waals surface area contributed by atoms with E-state index in [4.69, 9.17) is 11.6 Å². The summed E-state index contributed by atoms with van der Waals surface area (Å²) in [6.45, 7) is 1.43. The molecule has 0 aliphatic rings. The van der Waals surface area contributed by atoms with E-state index >= 15 is 0 Å². The largest absolute Gasteiger partial charge is 0.465 e. The molecule has 5 nitrogen and oxygen atoms in total. The first-order valence-electron chi connectivity index (χ1n) is 8.52. The second-order valence-corrected chi connectivity index (χ2v) is 6.23. The Balaban J connectivity index is 1.69. The van der Waals surface area contributed by atoms with E-state index in [0.717, 1.165) is 19.4 Å². The molecule has 0 unspecified atom stereocenters. The number of methoxy groups -OCH3 is 1. The first-order chi connectivity index (χ1) is 12.6. The number of benzene rings is 2. The Morgan fingerprint density at radius 2 is 1.85 bits per heavy atom. The zero-order valence-corrected chi connectivity index (χ0v) is 15.5. The third-order valence-electron chi connectivity index (χ3n) is 3.85. The third kappa shape index (κ3) is 6.50. The highest BCUT2D eigenvalue weighted by Crippen LogP contribution is 2.23. The Bertz CT molecular complexity index is 735. The van der Waals surface area contributed by atoms with E-state index in [-0.39, 0.29) is 5.91 Å². The minimum atomic E-state index is -0.475. The quantitative estimate of drug-likeness (QED) is 0.519. The summed E-state index contributed by atoms with van der Waals surface area (Å²) >= 11 is 6.07. The number of nitrogens with one attached hydrogen (secondary N) is 2. The van der Waals surface area contributed by atoms with Crippen LogP contribution in [0.2, 0.25) is 5.02 Å². The molecule has 0 spiro atoms. The molecule has 0 radical (unpaired) electrons. The number of rotatable bonds is 9. The van der Waals surface area contributed by atoms with Crippen molar-refractivity contribution >= 4 is 29.2 Å². The van der Waals surface area contributed by atoms with Gasteiger partial charge >= 0.3 is 5.97 Å². The van der Waals surface area contributed by atoms with Crippen LogP contribution in [-0.2, 0) is 16.0 Å². The molecule has 0 saturated carbocycles. The van der Waals surface area contributed by atoms with Gasteiger partial charge in [0.15, 0.2) is 0 Å². The smallest absolute Gasteiger partial charge is 0.337 e. The highest BCUT2D eigenvalue weighted by atomic mass is 35.5. The second kappa shape index (κ2) is 10.6. The van der Waals surface area contributed by atoms with Crippen LogP contribution in [0, 0.1) is 0 Å². The fourth-order valence-corrected chi connectivity index (χ4v) is 2.63. The lowest BCUT2D eigenvalue weighted by Crippen LogP contribution is -2.23. The lowest BCUT2D eigenvalue weighted by atomic mass is 10.1. The number of hydrogen-bond acceptors (Lipinski definition) is 4. The van der Waals surface area contributed by atoms with Crippen LogP contribution in [0.5, 0.6) is 0 Å². The van der Waals surface area contributed by atoms with Gasteiger partial charge in [0.25, 0.3) is 0 Å². The molecule has 0 heterocycles. The van der Waals surface area contributed by atoms with Crippen molar-refractivity contribution in [2.24, 2.45) is 0 Å². The van der Waals surface area contributed by atoms with E-state index in [2.05, 4.69) is 27.5 Å². The van der Waals surface area contributed by atoms with Gasteiger partial charge in [-0.1, -0.05) is 41.9 Å². The maximum absolute atomic E-state index is 12.0. The van der Waals surface area contributed by atoms with Crippen LogP contribution < -0.4 is 10.6 Å². The molecule has 26 heavy (non-hydrogen) atoms. The molecule has 6 heteroatoms. The van der Waals surface area contributed by atoms with Gasteiger partial charge in [-0.25, -0.2) is 4.79 Å². The van der Waals surface area contributed by atoms with Crippen molar-refractivity contribution in [3.63, 3.8) is 0 Å². The molecule has 2 rings (SSSR count). The lowest BCUT2D eigenvalue weighted by Gasteiger charge is -2.09. The van der Waals surface area contributed by atoms with Crippen LogP contribution >= 0.6 is 11.6 Å². The van der Waals surface area contributed by atoms with Crippen LogP contribution in [0.1, 0.15) is 28.8 Å². The highest BCUT2D eigenvalue weighted by molar-refractivity contribution is 6.33. The lowest BCUT2D eigenvalue weighted by molar-refractivity contribution is -0.116. The number of carbonyl (C=O) groups is 2. The van der Waals surface area contributed by atoms with Crippen molar-refractivity contribution in [1.29, 1.82) is 0 Å². The van der Waals surface area contributed by atoms with Crippen LogP contribution in [-0.4, -0.2) is 32.1 Å². The monoisotopic (exact) mass is 374 g/mol. The summed E-state index contributed by atoms with van der Waals surface area (Å²) in [5, 5.41) is 6.36. The first kappa shape index (κ1) is 19.9. The van der Waals surface area contributed by atoms with Gasteiger partial charge < -0.3 is 15.4 Å². The number of ether oxygens (including phenoxy) is 1. The molecule has 2 aromatic carbocycles. The summed E-state index contributed by atoms with van der Waals surface area (Å²) in [6, 6.07) is 14.9. The summed E-state index contributed by atoms with van der Waals surface area (Å²) in [5.41, 5.74) is 2.06. The van der Waals surface area contributed by atoms with E-state index < -0.39 is 5.97 Å². The van der Waals surface area contributed by atoms with E-state index in [1.54, 1.807) is 12.1 Å². The Morgan fingerprint density at radius 1 is 1.08 bits per heavy atom. The van der Waals surface area contributed by atoms with Gasteiger partial charge in [-0.2, -0.15) is 0 Å². The van der Waals surface area contributed by atoms with Crippen molar-refractivity contribution in [3.05, 3.63) is 64.7 Å². The number of aryl methyl sites for hydroxylation is 1. The molecule has 0 aromatic heterocycles. The van der Waals surface area contributed by atoms with Crippen LogP contribution in [0.4, 0.5) is 5.69 Å². The Hall–Kier alpha value is -2.37. The predicted octanol–water partition coefficient (Wildman–Crippen LogP) is 3.68. The number of esters is 1. The summed E-state index contributed by atoms with van der Waals surface area (Å²) in [5.74, 6) is -0.637. The van der Waals surface area contributed by atoms with Crippen molar-refractivity contribution in [3.8, 4) is 0 Å². The van der Waals surface area contributed by atoms with E-state index in [1.807, 2.05) is 18.2 Å². The second-order valence-electron chi connectivity index (χ2n) is 5.82. The van der Waals surface area contributed by atoms with Gasteiger partial charge in [-0.15, -0.1) is 0 Å². The number of hydrogen-bond donors (Lipinski definition) is 2. The van der Waals surface area contributed by atoms with Crippen molar-refractivity contribution < 1.29 is 14.3 Å². The van der Waals surface area contributed by atoms with Gasteiger partial charge in [0, 0.05) is 13.0 Å². The minimum Gasteiger partial charge on any atom is -0.465 e. The standard InChI is InChI=1S/C20H23ClN2O3/c1-26-20(25)16-9-10-17(21)18(14-16)23-19(24)11-13-22-12-5-8-15-6-3-2-4-7-15/h2-4,6-7,9-10,14,22H,5,8,11-13H2,1H3,(H,23,24). The van der Waals surface area contributed by atoms with Gasteiger partial charge in [0.1, 0.15) is 0 Å². The number of carbonyl (C=O) groups excluding carboxylic acids is 2. The fraction of sp³-hybridized carbons (Fsp3) is 0.300. The Labute approximate surface area is 158 Å². The predicted molar refractivity (Wildman–Crippen MR) is 104 cm³/mol. The minimum absolute atomic E-state index is 0.163. The maximum Gasteiger partial charge on any atom is 0.337 e. The molecule has 0 aliphatic heterocycles. The van der Waals surface area contributed by atoms with Crippen LogP contribution in [0.15, 0.2) is 48.5 Å². The molecule has 1 amide bonds. The topological polar surface area (TPSA) is 67.4 Å². The van der Waals surface area contributed by atoms with Gasteiger partial charge in [0.05, 0.1) is 23.4 Å². The summed E-state index contributed by atoms with van der Waals surface area (Å²) in [6.07, 6.45) is 2.35. The molecule has 0 atom stereocenters. The number of anilines is 1. The average molecular weight is 375 g/mol. The van der Waals surface area contributed by atoms with E-state index in [1.165, 1.54) is 18.7 Å². The SMILES string of the molecule is COC(=O)c1ccc(Cl)c(NC(=O)CCNCCCc2ccccc2)c1. The number of halogens is 1. The Kier molecular flexibility index (Phi) is 8.12. The Morgan fingerprint density at radius 3 is 2.58 bits per heavy atom. The van der Waals surface area contributed by atoms with Crippen LogP contribution in [0.3, 0.4) is 0 Å². The van der Waals surface area contributed by atoms with Gasteiger partial charge in [-0.05, 0) is 43.1 Å². The normalized spacial score (nSPS) is 10.4. The van der Waals surface area contributed by atoms with Crippen molar-refractivity contribution in [2.75, 3.05) is 25.5 Å². The fourth-order valence-electron chi connectivity index (χ4n) is 2.47. The van der Waals surface area contributed by atoms with Crippen LogP contribution in [0.25, 0.3) is 0 Å². The molecule has 2 aromatic rings. The molecule has 2 N–H and O–H groups in total. The third-order valence-corrected chi connectivity index (χ3v) is 4.18. The van der Waals surface area contributed by atoms with Crippen molar-refractivity contribution in [1.82, 2.24) is 5.32 Å². The van der Waals surface area contributed by atoms with E-state index in [9.17, 15) is 9.59 Å². The molecular formula is C20H23ClN2O3. The van der Waals surface area contributed by atoms with Gasteiger partial charge in [0.2, 0.25) is 5.91 Å². The number of amides is 1. The zero-order valence-electron chi connectivity index (χ0n) is 14.8. The maximum atomic E-state index is 12.0. The average Bonchev–Trinajstić information content (AvgIpc) is 2.66. The summed E-state index contributed by atoms with van der Waals surface area (Å²) in [7, 11) is 1.30. The molecule has 0 fully saturated rings. The molecular weight excluding hydrogens is 352 g/mol. The summed E-state index contributed by atoms with van der Waals surface area (Å²) < 4.78 is 4.67. The molecule has 138 valence electrons. The molecule has 0 bridgehead atoms. The highest BCUT2D eigenvalue weighted by Gasteiger charge is 2.11. The molecule has 0 aliphatic carbocycles. The molecule has 0 saturated heterocycles. The van der Waals surface area contributed by atoms with Crippen molar-refractivity contribution in [2.45, 2.75) is 19.3 Å². The van der Waals surface area contributed by atoms with E-state index in [0.29, 0.717) is 29.2 Å². The zero-order chi connectivity index (χ0) is 18.8.